The molecule has 0 aliphatic carbocycles. The molecule has 94 valence electrons. The molecule has 1 aromatic carbocycles. The largest absolute Gasteiger partial charge is 0.373 e. The van der Waals surface area contributed by atoms with E-state index in [2.05, 4.69) is 34.2 Å². The van der Waals surface area contributed by atoms with E-state index in [1.165, 1.54) is 0 Å². The van der Waals surface area contributed by atoms with Gasteiger partial charge in [-0.3, -0.25) is 0 Å². The van der Waals surface area contributed by atoms with E-state index >= 15 is 0 Å². The highest BCUT2D eigenvalue weighted by molar-refractivity contribution is 9.10. The van der Waals surface area contributed by atoms with Gasteiger partial charge in [0.2, 0.25) is 0 Å². The highest BCUT2D eigenvalue weighted by Gasteiger charge is 2.30. The quantitative estimate of drug-likeness (QED) is 0.912. The molecule has 2 rings (SSSR count). The van der Waals surface area contributed by atoms with Crippen LogP contribution in [-0.4, -0.2) is 19.7 Å². The van der Waals surface area contributed by atoms with E-state index in [1.54, 1.807) is 0 Å². The zero-order valence-electron chi connectivity index (χ0n) is 9.88. The van der Waals surface area contributed by atoms with Crippen molar-refractivity contribution in [3.63, 3.8) is 0 Å². The van der Waals surface area contributed by atoms with Crippen LogP contribution < -0.4 is 5.32 Å². The van der Waals surface area contributed by atoms with Gasteiger partial charge in [0.05, 0.1) is 6.10 Å². The van der Waals surface area contributed by atoms with Crippen LogP contribution in [0.3, 0.4) is 0 Å². The first kappa shape index (κ1) is 13.3. The highest BCUT2D eigenvalue weighted by atomic mass is 79.9. The molecule has 1 aromatic rings. The fourth-order valence-corrected chi connectivity index (χ4v) is 3.03. The van der Waals surface area contributed by atoms with Crippen molar-refractivity contribution < 1.29 is 4.74 Å². The van der Waals surface area contributed by atoms with Crippen LogP contribution >= 0.6 is 27.5 Å². The summed E-state index contributed by atoms with van der Waals surface area (Å²) in [6, 6.07) is 6.01. The summed E-state index contributed by atoms with van der Waals surface area (Å²) in [6.45, 7) is 4.94. The Morgan fingerprint density at radius 3 is 3.06 bits per heavy atom. The topological polar surface area (TPSA) is 21.3 Å². The predicted molar refractivity (Wildman–Crippen MR) is 74.5 cm³/mol. The molecule has 1 aliphatic rings. The monoisotopic (exact) mass is 317 g/mol. The van der Waals surface area contributed by atoms with Gasteiger partial charge in [0.1, 0.15) is 0 Å². The number of rotatable bonds is 4. The number of ether oxygens (including phenoxy) is 1. The van der Waals surface area contributed by atoms with Gasteiger partial charge >= 0.3 is 0 Å². The van der Waals surface area contributed by atoms with Crippen LogP contribution in [0.25, 0.3) is 0 Å². The van der Waals surface area contributed by atoms with Crippen molar-refractivity contribution in [2.24, 2.45) is 5.92 Å². The standard InChI is InChI=1S/C13H17BrClNO/c1-2-16-8-9-5-6-17-13(9)11-4-3-10(14)7-12(11)15/h3-4,7,9,13,16H,2,5-6,8H2,1H3. The maximum atomic E-state index is 6.28. The van der Waals surface area contributed by atoms with Crippen molar-refractivity contribution in [1.29, 1.82) is 0 Å². The first-order chi connectivity index (χ1) is 8.22. The zero-order valence-corrected chi connectivity index (χ0v) is 12.2. The minimum Gasteiger partial charge on any atom is -0.373 e. The molecule has 0 bridgehead atoms. The van der Waals surface area contributed by atoms with Crippen molar-refractivity contribution in [3.05, 3.63) is 33.3 Å². The molecule has 0 amide bonds. The molecule has 0 spiro atoms. The molecule has 17 heavy (non-hydrogen) atoms. The second-order valence-electron chi connectivity index (χ2n) is 4.31. The van der Waals surface area contributed by atoms with Crippen LogP contribution in [0, 0.1) is 5.92 Å². The number of benzene rings is 1. The first-order valence-corrected chi connectivity index (χ1v) is 7.16. The van der Waals surface area contributed by atoms with Crippen LogP contribution in [0.2, 0.25) is 5.02 Å². The molecule has 0 saturated carbocycles. The Hall–Kier alpha value is -0.0900. The predicted octanol–water partition coefficient (Wildman–Crippen LogP) is 3.79. The molecule has 0 aromatic heterocycles. The third-order valence-electron chi connectivity index (χ3n) is 3.14. The van der Waals surface area contributed by atoms with E-state index in [1.807, 2.05) is 12.1 Å². The Kier molecular flexibility index (Phi) is 4.86. The summed E-state index contributed by atoms with van der Waals surface area (Å²) in [6.07, 6.45) is 1.24. The lowest BCUT2D eigenvalue weighted by molar-refractivity contribution is 0.0907. The lowest BCUT2D eigenvalue weighted by Gasteiger charge is -2.20. The van der Waals surface area contributed by atoms with E-state index < -0.39 is 0 Å². The van der Waals surface area contributed by atoms with Gasteiger partial charge in [-0.05, 0) is 30.7 Å². The maximum Gasteiger partial charge on any atom is 0.0880 e. The molecule has 1 saturated heterocycles. The molecule has 2 atom stereocenters. The summed E-state index contributed by atoms with van der Waals surface area (Å²) in [5.41, 5.74) is 1.11. The molecular formula is C13H17BrClNO. The van der Waals surface area contributed by atoms with Crippen LogP contribution in [0.15, 0.2) is 22.7 Å². The van der Waals surface area contributed by atoms with Crippen molar-refractivity contribution in [3.8, 4) is 0 Å². The molecule has 1 heterocycles. The fourth-order valence-electron chi connectivity index (χ4n) is 2.25. The van der Waals surface area contributed by atoms with Crippen molar-refractivity contribution in [2.45, 2.75) is 19.4 Å². The maximum absolute atomic E-state index is 6.28. The summed E-state index contributed by atoms with van der Waals surface area (Å²) in [5.74, 6) is 0.522. The lowest BCUT2D eigenvalue weighted by Crippen LogP contribution is -2.24. The molecule has 2 unspecified atom stereocenters. The minimum absolute atomic E-state index is 0.134. The Morgan fingerprint density at radius 2 is 2.35 bits per heavy atom. The Bertz CT molecular complexity index is 386. The van der Waals surface area contributed by atoms with Gasteiger partial charge in [0.25, 0.3) is 0 Å². The Balaban J connectivity index is 2.14. The van der Waals surface area contributed by atoms with Gasteiger partial charge in [0.15, 0.2) is 0 Å². The Labute approximate surface area is 116 Å². The molecular weight excluding hydrogens is 302 g/mol. The number of halogens is 2. The summed E-state index contributed by atoms with van der Waals surface area (Å²) in [5, 5.41) is 4.17. The highest BCUT2D eigenvalue weighted by Crippen LogP contribution is 2.38. The summed E-state index contributed by atoms with van der Waals surface area (Å²) >= 11 is 9.70. The van der Waals surface area contributed by atoms with Crippen molar-refractivity contribution in [1.82, 2.24) is 5.32 Å². The van der Waals surface area contributed by atoms with E-state index in [9.17, 15) is 0 Å². The number of nitrogens with one attached hydrogen (secondary N) is 1. The van der Waals surface area contributed by atoms with E-state index in [0.29, 0.717) is 5.92 Å². The summed E-state index contributed by atoms with van der Waals surface area (Å²) in [4.78, 5) is 0. The molecule has 0 radical (unpaired) electrons. The fraction of sp³-hybridized carbons (Fsp3) is 0.538. The molecule has 4 heteroatoms. The smallest absolute Gasteiger partial charge is 0.0880 e. The van der Waals surface area contributed by atoms with Gasteiger partial charge < -0.3 is 10.1 Å². The van der Waals surface area contributed by atoms with Crippen molar-refractivity contribution in [2.75, 3.05) is 19.7 Å². The SMILES string of the molecule is CCNCC1CCOC1c1ccc(Br)cc1Cl. The van der Waals surface area contributed by atoms with Gasteiger partial charge in [-0.25, -0.2) is 0 Å². The Morgan fingerprint density at radius 1 is 1.53 bits per heavy atom. The van der Waals surface area contributed by atoms with E-state index in [-0.39, 0.29) is 6.10 Å². The zero-order chi connectivity index (χ0) is 12.3. The second kappa shape index (κ2) is 6.19. The second-order valence-corrected chi connectivity index (χ2v) is 5.64. The van der Waals surface area contributed by atoms with Gasteiger partial charge in [-0.2, -0.15) is 0 Å². The normalized spacial score (nSPS) is 24.2. The van der Waals surface area contributed by atoms with Crippen molar-refractivity contribution >= 4 is 27.5 Å². The van der Waals surface area contributed by atoms with Gasteiger partial charge in [-0.15, -0.1) is 0 Å². The summed E-state index contributed by atoms with van der Waals surface area (Å²) in [7, 11) is 0. The van der Waals surface area contributed by atoms with Crippen LogP contribution in [-0.2, 0) is 4.74 Å². The number of hydrogen-bond donors (Lipinski definition) is 1. The van der Waals surface area contributed by atoms with Crippen LogP contribution in [0.1, 0.15) is 25.0 Å². The average molecular weight is 319 g/mol. The summed E-state index contributed by atoms with van der Waals surface area (Å²) < 4.78 is 6.84. The van der Waals surface area contributed by atoms with E-state index in [0.717, 1.165) is 41.2 Å². The van der Waals surface area contributed by atoms with Crippen LogP contribution in [0.4, 0.5) is 0 Å². The molecule has 1 fully saturated rings. The van der Waals surface area contributed by atoms with E-state index in [4.69, 9.17) is 16.3 Å². The van der Waals surface area contributed by atoms with Gasteiger partial charge in [0, 0.05) is 28.6 Å². The molecule has 1 aliphatic heterocycles. The van der Waals surface area contributed by atoms with Crippen LogP contribution in [0.5, 0.6) is 0 Å². The average Bonchev–Trinajstić information content (AvgIpc) is 2.74. The number of hydrogen-bond acceptors (Lipinski definition) is 2. The molecule has 2 nitrogen and oxygen atoms in total. The lowest BCUT2D eigenvalue weighted by atomic mass is 9.95. The third kappa shape index (κ3) is 3.22. The minimum atomic E-state index is 0.134. The molecule has 1 N–H and O–H groups in total. The van der Waals surface area contributed by atoms with Gasteiger partial charge in [-0.1, -0.05) is 40.5 Å². The third-order valence-corrected chi connectivity index (χ3v) is 3.96. The first-order valence-electron chi connectivity index (χ1n) is 5.99.